The Balaban J connectivity index is 1.13. The predicted molar refractivity (Wildman–Crippen MR) is 177 cm³/mol. The van der Waals surface area contributed by atoms with Crippen LogP contribution in [0.2, 0.25) is 0 Å². The topological polar surface area (TPSA) is 154 Å². The number of amides is 2. The van der Waals surface area contributed by atoms with Crippen LogP contribution in [0.3, 0.4) is 0 Å². The molecule has 256 valence electrons. The van der Waals surface area contributed by atoms with Crippen molar-refractivity contribution in [1.82, 2.24) is 20.6 Å². The standard InChI is InChI=1S/C33H23F5N6O4S2/c1-13-8-42-20(28-24(13)26(39)30(50-28)32(46)43-9-14-2-3-21-22(4-14)48-33(37,38)47-21)6-16-10-41-12-23-25(16)27(40)29(49-23)31(45)44-11-15-5-18(35)19(36)7-17(15)34/h2-5,7-8,10,12H,6,9,11,39-40H2,1H3,(H,43,46)(H,44,45). The number of benzene rings is 2. The van der Waals surface area contributed by atoms with E-state index in [0.29, 0.717) is 49.1 Å². The first-order chi connectivity index (χ1) is 23.8. The number of hydrogen-bond acceptors (Lipinski definition) is 10. The fraction of sp³-hybridized carbons (Fsp3) is 0.152. The second-order valence-electron chi connectivity index (χ2n) is 11.3. The SMILES string of the molecule is Cc1cnc(Cc2cncc3sc(C(=O)NCc4cc(F)c(F)cc4F)c(N)c23)c2sc(C(=O)NCc3ccc4c(c3)OC(F)(F)O4)c(N)c12. The third kappa shape index (κ3) is 5.98. The summed E-state index contributed by atoms with van der Waals surface area (Å²) in [6.45, 7) is 1.40. The summed E-state index contributed by atoms with van der Waals surface area (Å²) < 4.78 is 78.0. The van der Waals surface area contributed by atoms with Crippen LogP contribution in [0, 0.1) is 24.4 Å². The third-order valence-corrected chi connectivity index (χ3v) is 10.3. The van der Waals surface area contributed by atoms with Gasteiger partial charge in [-0.05, 0) is 41.8 Å². The Morgan fingerprint density at radius 3 is 2.28 bits per heavy atom. The van der Waals surface area contributed by atoms with Crippen LogP contribution in [0.4, 0.5) is 33.3 Å². The first kappa shape index (κ1) is 33.0. The van der Waals surface area contributed by atoms with Crippen LogP contribution in [0.25, 0.3) is 20.2 Å². The molecule has 0 radical (unpaired) electrons. The zero-order chi connectivity index (χ0) is 35.5. The molecule has 7 rings (SSSR count). The molecule has 0 atom stereocenters. The monoisotopic (exact) mass is 726 g/mol. The van der Waals surface area contributed by atoms with Gasteiger partial charge in [0.05, 0.1) is 26.5 Å². The minimum absolute atomic E-state index is 0.00441. The van der Waals surface area contributed by atoms with E-state index in [1.807, 2.05) is 6.92 Å². The smallest absolute Gasteiger partial charge is 0.397 e. The summed E-state index contributed by atoms with van der Waals surface area (Å²) >= 11 is 2.20. The maximum absolute atomic E-state index is 14.1. The number of nitrogen functional groups attached to an aromatic ring is 2. The molecule has 50 heavy (non-hydrogen) atoms. The number of ether oxygens (including phenoxy) is 2. The third-order valence-electron chi connectivity index (χ3n) is 7.95. The van der Waals surface area contributed by atoms with Crippen molar-refractivity contribution in [1.29, 1.82) is 0 Å². The minimum Gasteiger partial charge on any atom is -0.397 e. The number of thiophene rings is 2. The summed E-state index contributed by atoms with van der Waals surface area (Å²) in [6, 6.07) is 5.28. The quantitative estimate of drug-likeness (QED) is 0.102. The molecular weight excluding hydrogens is 704 g/mol. The van der Waals surface area contributed by atoms with Crippen LogP contribution in [-0.4, -0.2) is 28.1 Å². The van der Waals surface area contributed by atoms with Crippen molar-refractivity contribution in [3.8, 4) is 11.5 Å². The van der Waals surface area contributed by atoms with Gasteiger partial charge in [0.25, 0.3) is 11.8 Å². The van der Waals surface area contributed by atoms with Crippen LogP contribution in [0.1, 0.15) is 47.3 Å². The second-order valence-corrected chi connectivity index (χ2v) is 13.4. The first-order valence-corrected chi connectivity index (χ1v) is 16.3. The predicted octanol–water partition coefficient (Wildman–Crippen LogP) is 6.57. The number of aryl methyl sites for hydroxylation is 1. The molecule has 0 fully saturated rings. The molecule has 17 heteroatoms. The molecule has 4 aromatic heterocycles. The minimum atomic E-state index is -3.76. The molecule has 5 heterocycles. The molecule has 2 aromatic carbocycles. The molecule has 0 saturated carbocycles. The second kappa shape index (κ2) is 12.4. The highest BCUT2D eigenvalue weighted by Crippen LogP contribution is 2.42. The Morgan fingerprint density at radius 1 is 0.820 bits per heavy atom. The van der Waals surface area contributed by atoms with E-state index in [0.717, 1.165) is 28.2 Å². The van der Waals surface area contributed by atoms with Crippen molar-refractivity contribution in [2.24, 2.45) is 0 Å². The van der Waals surface area contributed by atoms with Crippen molar-refractivity contribution in [3.05, 3.63) is 104 Å². The normalized spacial score (nSPS) is 13.2. The van der Waals surface area contributed by atoms with Crippen molar-refractivity contribution < 1.29 is 41.0 Å². The number of pyridine rings is 2. The number of nitrogens with zero attached hydrogens (tertiary/aromatic N) is 2. The number of nitrogens with two attached hydrogens (primary N) is 2. The van der Waals surface area contributed by atoms with E-state index >= 15 is 0 Å². The Hall–Kier alpha value is -5.55. The summed E-state index contributed by atoms with van der Waals surface area (Å²) in [7, 11) is 0. The van der Waals surface area contributed by atoms with E-state index < -0.39 is 42.1 Å². The number of anilines is 2. The van der Waals surface area contributed by atoms with E-state index in [-0.39, 0.29) is 51.2 Å². The van der Waals surface area contributed by atoms with Crippen LogP contribution in [0.5, 0.6) is 11.5 Å². The van der Waals surface area contributed by atoms with E-state index in [1.165, 1.54) is 18.2 Å². The summed E-state index contributed by atoms with van der Waals surface area (Å²) in [5.41, 5.74) is 15.5. The summed E-state index contributed by atoms with van der Waals surface area (Å²) in [5.74, 6) is -4.98. The van der Waals surface area contributed by atoms with Gasteiger partial charge in [-0.3, -0.25) is 19.6 Å². The van der Waals surface area contributed by atoms with Gasteiger partial charge in [0, 0.05) is 60.5 Å². The van der Waals surface area contributed by atoms with Crippen LogP contribution in [-0.2, 0) is 19.5 Å². The number of carbonyl (C=O) groups is 2. The average molecular weight is 727 g/mol. The number of halogens is 5. The van der Waals surface area contributed by atoms with Gasteiger partial charge in [-0.1, -0.05) is 6.07 Å². The molecule has 2 amide bonds. The Labute approximate surface area is 286 Å². The van der Waals surface area contributed by atoms with Gasteiger partial charge in [-0.2, -0.15) is 0 Å². The lowest BCUT2D eigenvalue weighted by Crippen LogP contribution is -2.26. The fourth-order valence-corrected chi connectivity index (χ4v) is 7.83. The largest absolute Gasteiger partial charge is 0.586 e. The van der Waals surface area contributed by atoms with Gasteiger partial charge in [0.2, 0.25) is 0 Å². The Kier molecular flexibility index (Phi) is 8.18. The highest BCUT2D eigenvalue weighted by Gasteiger charge is 2.43. The molecule has 0 unspecified atom stereocenters. The number of rotatable bonds is 8. The lowest BCUT2D eigenvalue weighted by molar-refractivity contribution is -0.286. The lowest BCUT2D eigenvalue weighted by atomic mass is 10.0. The Bertz CT molecular complexity index is 2380. The van der Waals surface area contributed by atoms with Gasteiger partial charge >= 0.3 is 6.29 Å². The number of alkyl halides is 2. The summed E-state index contributed by atoms with van der Waals surface area (Å²) in [4.78, 5) is 35.7. The average Bonchev–Trinajstić information content (AvgIpc) is 3.71. The zero-order valence-corrected chi connectivity index (χ0v) is 27.3. The van der Waals surface area contributed by atoms with Gasteiger partial charge in [0.1, 0.15) is 15.6 Å². The first-order valence-electron chi connectivity index (χ1n) is 14.7. The van der Waals surface area contributed by atoms with Crippen molar-refractivity contribution in [2.45, 2.75) is 32.7 Å². The highest BCUT2D eigenvalue weighted by molar-refractivity contribution is 7.22. The molecule has 6 N–H and O–H groups in total. The van der Waals surface area contributed by atoms with Crippen LogP contribution in [0.15, 0.2) is 48.9 Å². The van der Waals surface area contributed by atoms with Gasteiger partial charge in [-0.25, -0.2) is 13.2 Å². The molecule has 0 bridgehead atoms. The lowest BCUT2D eigenvalue weighted by Gasteiger charge is -2.08. The fourth-order valence-electron chi connectivity index (χ4n) is 5.58. The van der Waals surface area contributed by atoms with Crippen LogP contribution < -0.4 is 31.6 Å². The molecule has 0 spiro atoms. The Morgan fingerprint density at radius 2 is 1.50 bits per heavy atom. The van der Waals surface area contributed by atoms with Gasteiger partial charge in [-0.15, -0.1) is 31.5 Å². The molecule has 1 aliphatic heterocycles. The van der Waals surface area contributed by atoms with E-state index in [4.69, 9.17) is 11.5 Å². The maximum Gasteiger partial charge on any atom is 0.586 e. The van der Waals surface area contributed by atoms with Crippen molar-refractivity contribution >= 4 is 66.0 Å². The van der Waals surface area contributed by atoms with E-state index in [2.05, 4.69) is 30.1 Å². The molecule has 1 aliphatic rings. The van der Waals surface area contributed by atoms with Gasteiger partial charge in [0.15, 0.2) is 23.1 Å². The number of nitrogens with one attached hydrogen (secondary N) is 2. The van der Waals surface area contributed by atoms with Gasteiger partial charge < -0.3 is 31.6 Å². The molecule has 0 saturated heterocycles. The molecule has 6 aromatic rings. The van der Waals surface area contributed by atoms with E-state index in [1.54, 1.807) is 18.6 Å². The summed E-state index contributed by atoms with van der Waals surface area (Å²) in [6.07, 6.45) is 1.20. The molecule has 10 nitrogen and oxygen atoms in total. The van der Waals surface area contributed by atoms with Crippen molar-refractivity contribution in [3.63, 3.8) is 0 Å². The number of fused-ring (bicyclic) bond motifs is 3. The number of carbonyl (C=O) groups excluding carboxylic acids is 2. The molecular formula is C33H23F5N6O4S2. The van der Waals surface area contributed by atoms with Crippen molar-refractivity contribution in [2.75, 3.05) is 11.5 Å². The summed E-state index contributed by atoms with van der Waals surface area (Å²) in [5, 5.41) is 6.44. The van der Waals surface area contributed by atoms with Crippen LogP contribution >= 0.6 is 22.7 Å². The maximum atomic E-state index is 14.1. The number of hydrogen-bond donors (Lipinski definition) is 4. The van der Waals surface area contributed by atoms with E-state index in [9.17, 15) is 31.5 Å². The molecule has 0 aliphatic carbocycles. The number of aromatic nitrogens is 2. The highest BCUT2D eigenvalue weighted by atomic mass is 32.1. The zero-order valence-electron chi connectivity index (χ0n) is 25.6.